The summed E-state index contributed by atoms with van der Waals surface area (Å²) in [6, 6.07) is 10.8. The Morgan fingerprint density at radius 1 is 1.33 bits per heavy atom. The molecule has 1 saturated carbocycles. The van der Waals surface area contributed by atoms with Crippen molar-refractivity contribution in [1.29, 1.82) is 0 Å². The number of aromatic nitrogens is 2. The van der Waals surface area contributed by atoms with Gasteiger partial charge in [0.1, 0.15) is 0 Å². The molecule has 1 aliphatic carbocycles. The lowest BCUT2D eigenvalue weighted by atomic mass is 9.98. The highest BCUT2D eigenvalue weighted by Gasteiger charge is 2.25. The number of hydrogen-bond donors (Lipinski definition) is 1. The Labute approximate surface area is 124 Å². The fourth-order valence-electron chi connectivity index (χ4n) is 2.54. The van der Waals surface area contributed by atoms with E-state index in [2.05, 4.69) is 41.5 Å². The Morgan fingerprint density at radius 2 is 2.10 bits per heavy atom. The summed E-state index contributed by atoms with van der Waals surface area (Å²) in [7, 11) is 0. The van der Waals surface area contributed by atoms with Gasteiger partial charge < -0.3 is 9.88 Å². The van der Waals surface area contributed by atoms with E-state index in [9.17, 15) is 4.79 Å². The first-order chi connectivity index (χ1) is 10.3. The molecule has 1 aliphatic rings. The van der Waals surface area contributed by atoms with E-state index in [4.69, 9.17) is 0 Å². The monoisotopic (exact) mass is 283 g/mol. The number of nitrogens with one attached hydrogen (secondary N) is 1. The van der Waals surface area contributed by atoms with Crippen LogP contribution in [0.4, 0.5) is 5.82 Å². The average molecular weight is 283 g/mol. The zero-order valence-electron chi connectivity index (χ0n) is 12.3. The predicted octanol–water partition coefficient (Wildman–Crippen LogP) is 3.18. The first-order valence-electron chi connectivity index (χ1n) is 7.61. The third kappa shape index (κ3) is 3.32. The highest BCUT2D eigenvalue weighted by Crippen LogP contribution is 2.33. The highest BCUT2D eigenvalue weighted by atomic mass is 16.1. The third-order valence-corrected chi connectivity index (χ3v) is 4.05. The van der Waals surface area contributed by atoms with E-state index >= 15 is 0 Å². The molecule has 0 aliphatic heterocycles. The molecule has 1 N–H and O–H groups in total. The van der Waals surface area contributed by atoms with Gasteiger partial charge in [-0.3, -0.25) is 4.79 Å². The van der Waals surface area contributed by atoms with Crippen LogP contribution in [0.1, 0.15) is 43.7 Å². The van der Waals surface area contributed by atoms with Crippen LogP contribution in [-0.4, -0.2) is 16.1 Å². The normalized spacial score (nSPS) is 15.7. The molecule has 1 fully saturated rings. The van der Waals surface area contributed by atoms with Crippen LogP contribution in [0.2, 0.25) is 0 Å². The first kappa shape index (κ1) is 13.9. The molecule has 4 heteroatoms. The van der Waals surface area contributed by atoms with E-state index in [1.54, 1.807) is 17.0 Å². The second-order valence-corrected chi connectivity index (χ2v) is 5.75. The maximum absolute atomic E-state index is 12.2. The molecule has 0 saturated heterocycles. The molecule has 0 radical (unpaired) electrons. The lowest BCUT2D eigenvalue weighted by Gasteiger charge is -2.13. The summed E-state index contributed by atoms with van der Waals surface area (Å²) in [5, 5.41) is 3.19. The molecule has 0 spiro atoms. The SMILES string of the molecule is CC(CCNc1nccn(C2CC2)c1=O)c1ccccc1. The second-order valence-electron chi connectivity index (χ2n) is 5.75. The summed E-state index contributed by atoms with van der Waals surface area (Å²) in [4.78, 5) is 16.4. The minimum Gasteiger partial charge on any atom is -0.365 e. The zero-order chi connectivity index (χ0) is 14.7. The summed E-state index contributed by atoms with van der Waals surface area (Å²) in [6.45, 7) is 2.96. The average Bonchev–Trinajstić information content (AvgIpc) is 3.34. The molecule has 0 amide bonds. The van der Waals surface area contributed by atoms with Gasteiger partial charge >= 0.3 is 0 Å². The topological polar surface area (TPSA) is 46.9 Å². The Hall–Kier alpha value is -2.10. The number of hydrogen-bond acceptors (Lipinski definition) is 3. The minimum absolute atomic E-state index is 0.00682. The van der Waals surface area contributed by atoms with Gasteiger partial charge in [-0.25, -0.2) is 4.98 Å². The molecule has 2 aromatic rings. The van der Waals surface area contributed by atoms with Gasteiger partial charge in [0.05, 0.1) is 0 Å². The van der Waals surface area contributed by atoms with Crippen molar-refractivity contribution < 1.29 is 0 Å². The molecule has 0 bridgehead atoms. The van der Waals surface area contributed by atoms with E-state index in [0.29, 0.717) is 17.8 Å². The highest BCUT2D eigenvalue weighted by molar-refractivity contribution is 5.31. The molecule has 1 aromatic heterocycles. The van der Waals surface area contributed by atoms with Gasteiger partial charge in [-0.15, -0.1) is 0 Å². The molecule has 1 atom stereocenters. The quantitative estimate of drug-likeness (QED) is 0.885. The van der Waals surface area contributed by atoms with Gasteiger partial charge in [-0.05, 0) is 30.7 Å². The Bertz CT molecular complexity index is 647. The van der Waals surface area contributed by atoms with E-state index in [-0.39, 0.29) is 5.56 Å². The number of benzene rings is 1. The van der Waals surface area contributed by atoms with Crippen molar-refractivity contribution in [2.45, 2.75) is 38.1 Å². The van der Waals surface area contributed by atoms with Crippen molar-refractivity contribution in [3.05, 3.63) is 58.6 Å². The van der Waals surface area contributed by atoms with Gasteiger partial charge in [-0.2, -0.15) is 0 Å². The maximum atomic E-state index is 12.2. The van der Waals surface area contributed by atoms with Gasteiger partial charge in [0.25, 0.3) is 5.56 Å². The van der Waals surface area contributed by atoms with Crippen molar-refractivity contribution in [2.24, 2.45) is 0 Å². The van der Waals surface area contributed by atoms with Crippen LogP contribution < -0.4 is 10.9 Å². The molecule has 1 heterocycles. The van der Waals surface area contributed by atoms with Crippen LogP contribution in [0.5, 0.6) is 0 Å². The van der Waals surface area contributed by atoms with Crippen LogP contribution >= 0.6 is 0 Å². The van der Waals surface area contributed by atoms with E-state index in [1.807, 2.05) is 6.07 Å². The van der Waals surface area contributed by atoms with Crippen molar-refractivity contribution in [3.63, 3.8) is 0 Å². The van der Waals surface area contributed by atoms with Gasteiger partial charge in [0.15, 0.2) is 5.82 Å². The van der Waals surface area contributed by atoms with Crippen molar-refractivity contribution >= 4 is 5.82 Å². The number of anilines is 1. The van der Waals surface area contributed by atoms with Crippen LogP contribution in [-0.2, 0) is 0 Å². The van der Waals surface area contributed by atoms with Crippen molar-refractivity contribution in [2.75, 3.05) is 11.9 Å². The van der Waals surface area contributed by atoms with Gasteiger partial charge in [-0.1, -0.05) is 37.3 Å². The minimum atomic E-state index is 0.00682. The van der Waals surface area contributed by atoms with E-state index < -0.39 is 0 Å². The maximum Gasteiger partial charge on any atom is 0.293 e. The third-order valence-electron chi connectivity index (χ3n) is 4.05. The molecular weight excluding hydrogens is 262 g/mol. The largest absolute Gasteiger partial charge is 0.365 e. The molecule has 21 heavy (non-hydrogen) atoms. The fraction of sp³-hybridized carbons (Fsp3) is 0.412. The summed E-state index contributed by atoms with van der Waals surface area (Å²) >= 11 is 0. The van der Waals surface area contributed by atoms with Crippen LogP contribution in [0.25, 0.3) is 0 Å². The van der Waals surface area contributed by atoms with Crippen LogP contribution in [0.15, 0.2) is 47.5 Å². The smallest absolute Gasteiger partial charge is 0.293 e. The van der Waals surface area contributed by atoms with Crippen molar-refractivity contribution in [1.82, 2.24) is 9.55 Å². The Kier molecular flexibility index (Phi) is 4.04. The lowest BCUT2D eigenvalue weighted by Crippen LogP contribution is -2.24. The van der Waals surface area contributed by atoms with Crippen molar-refractivity contribution in [3.8, 4) is 0 Å². The fourth-order valence-corrected chi connectivity index (χ4v) is 2.54. The lowest BCUT2D eigenvalue weighted by molar-refractivity contribution is 0.686. The summed E-state index contributed by atoms with van der Waals surface area (Å²) in [5.41, 5.74) is 1.34. The zero-order valence-corrected chi connectivity index (χ0v) is 12.3. The Balaban J connectivity index is 1.58. The number of rotatable bonds is 6. The standard InChI is InChI=1S/C17H21N3O/c1-13(14-5-3-2-4-6-14)9-10-18-16-17(21)20(12-11-19-16)15-7-8-15/h2-6,11-13,15H,7-10H2,1H3,(H,18,19). The summed E-state index contributed by atoms with van der Waals surface area (Å²) in [6.07, 6.45) is 6.69. The van der Waals surface area contributed by atoms with Crippen LogP contribution in [0, 0.1) is 0 Å². The van der Waals surface area contributed by atoms with Gasteiger partial charge in [0, 0.05) is 25.0 Å². The molecule has 1 aromatic carbocycles. The van der Waals surface area contributed by atoms with E-state index in [0.717, 1.165) is 25.8 Å². The first-order valence-corrected chi connectivity index (χ1v) is 7.61. The summed E-state index contributed by atoms with van der Waals surface area (Å²) < 4.78 is 1.80. The van der Waals surface area contributed by atoms with E-state index in [1.165, 1.54) is 5.56 Å². The van der Waals surface area contributed by atoms with Gasteiger partial charge in [0.2, 0.25) is 0 Å². The number of nitrogens with zero attached hydrogens (tertiary/aromatic N) is 2. The predicted molar refractivity (Wildman–Crippen MR) is 84.7 cm³/mol. The van der Waals surface area contributed by atoms with Crippen LogP contribution in [0.3, 0.4) is 0 Å². The second kappa shape index (κ2) is 6.12. The molecule has 4 nitrogen and oxygen atoms in total. The molecular formula is C17H21N3O. The Morgan fingerprint density at radius 3 is 2.81 bits per heavy atom. The molecule has 3 rings (SSSR count). The molecule has 1 unspecified atom stereocenters. The molecule has 110 valence electrons. The summed E-state index contributed by atoms with van der Waals surface area (Å²) in [5.74, 6) is 0.942.